The Kier molecular flexibility index (Phi) is 1.92. The predicted molar refractivity (Wildman–Crippen MR) is 42.1 cm³/mol. The first-order valence-electron chi connectivity index (χ1n) is 3.98. The Morgan fingerprint density at radius 3 is 2.18 bits per heavy atom. The first-order valence-corrected chi connectivity index (χ1v) is 3.98. The summed E-state index contributed by atoms with van der Waals surface area (Å²) >= 11 is 0. The van der Waals surface area contributed by atoms with Crippen LogP contribution in [0.1, 0.15) is 26.7 Å². The molecular formula is C8H15NO2. The third-order valence-electron chi connectivity index (χ3n) is 2.78. The van der Waals surface area contributed by atoms with Crippen LogP contribution in [0.2, 0.25) is 0 Å². The van der Waals surface area contributed by atoms with Crippen molar-refractivity contribution in [2.75, 3.05) is 0 Å². The monoisotopic (exact) mass is 157 g/mol. The first-order chi connectivity index (χ1) is 4.99. The number of carboxylic acids is 1. The normalized spacial score (nSPS) is 36.9. The van der Waals surface area contributed by atoms with Gasteiger partial charge in [-0.3, -0.25) is 4.79 Å². The van der Waals surface area contributed by atoms with E-state index in [1.807, 2.05) is 13.8 Å². The Hall–Kier alpha value is -0.570. The fourth-order valence-electron chi connectivity index (χ4n) is 1.77. The molecule has 3 heteroatoms. The maximum atomic E-state index is 10.8. The Labute approximate surface area is 66.6 Å². The van der Waals surface area contributed by atoms with Gasteiger partial charge < -0.3 is 10.8 Å². The fraction of sp³-hybridized carbons (Fsp3) is 0.875. The lowest BCUT2D eigenvalue weighted by Crippen LogP contribution is -2.53. The van der Waals surface area contributed by atoms with Crippen molar-refractivity contribution >= 4 is 5.97 Å². The van der Waals surface area contributed by atoms with Crippen LogP contribution in [0, 0.1) is 11.3 Å². The number of hydrogen-bond acceptors (Lipinski definition) is 2. The van der Waals surface area contributed by atoms with Crippen molar-refractivity contribution in [1.82, 2.24) is 0 Å². The zero-order chi connectivity index (χ0) is 8.65. The van der Waals surface area contributed by atoms with Crippen LogP contribution in [0.25, 0.3) is 0 Å². The molecule has 0 aromatic carbocycles. The summed E-state index contributed by atoms with van der Waals surface area (Å²) in [5.74, 6) is -0.492. The molecule has 0 saturated heterocycles. The summed E-state index contributed by atoms with van der Waals surface area (Å²) in [6, 6.07) is 0.105. The molecule has 1 fully saturated rings. The van der Waals surface area contributed by atoms with Gasteiger partial charge in [0.15, 0.2) is 0 Å². The summed E-state index contributed by atoms with van der Waals surface area (Å²) in [7, 11) is 0. The SMILES string of the molecule is CC(C)C1(C(=O)O)CC(N)C1. The van der Waals surface area contributed by atoms with Crippen LogP contribution < -0.4 is 5.73 Å². The van der Waals surface area contributed by atoms with Crippen LogP contribution in [0.15, 0.2) is 0 Å². The third kappa shape index (κ3) is 1.13. The lowest BCUT2D eigenvalue weighted by Gasteiger charge is -2.45. The van der Waals surface area contributed by atoms with Gasteiger partial charge in [0.25, 0.3) is 0 Å². The van der Waals surface area contributed by atoms with Gasteiger partial charge in [-0.2, -0.15) is 0 Å². The van der Waals surface area contributed by atoms with E-state index >= 15 is 0 Å². The maximum Gasteiger partial charge on any atom is 0.310 e. The van der Waals surface area contributed by atoms with E-state index in [0.717, 1.165) is 0 Å². The quantitative estimate of drug-likeness (QED) is 0.624. The molecule has 0 aliphatic heterocycles. The van der Waals surface area contributed by atoms with Gasteiger partial charge in [-0.15, -0.1) is 0 Å². The average molecular weight is 157 g/mol. The van der Waals surface area contributed by atoms with Crippen molar-refractivity contribution in [2.24, 2.45) is 17.1 Å². The van der Waals surface area contributed by atoms with E-state index in [0.29, 0.717) is 12.8 Å². The second-order valence-electron chi connectivity index (χ2n) is 3.78. The smallest absolute Gasteiger partial charge is 0.310 e. The highest BCUT2D eigenvalue weighted by Gasteiger charge is 2.51. The Bertz CT molecular complexity index is 171. The zero-order valence-corrected chi connectivity index (χ0v) is 7.00. The van der Waals surface area contributed by atoms with Crippen LogP contribution in [0.3, 0.4) is 0 Å². The van der Waals surface area contributed by atoms with Gasteiger partial charge >= 0.3 is 5.97 Å². The van der Waals surface area contributed by atoms with Crippen LogP contribution in [-0.2, 0) is 4.79 Å². The van der Waals surface area contributed by atoms with Crippen molar-refractivity contribution < 1.29 is 9.90 Å². The van der Waals surface area contributed by atoms with Crippen LogP contribution in [-0.4, -0.2) is 17.1 Å². The molecule has 1 aliphatic rings. The minimum Gasteiger partial charge on any atom is -0.481 e. The van der Waals surface area contributed by atoms with Gasteiger partial charge in [0.2, 0.25) is 0 Å². The molecule has 3 nitrogen and oxygen atoms in total. The van der Waals surface area contributed by atoms with E-state index in [1.54, 1.807) is 0 Å². The summed E-state index contributed by atoms with van der Waals surface area (Å²) in [5.41, 5.74) is 5.05. The second-order valence-corrected chi connectivity index (χ2v) is 3.78. The molecule has 1 aliphatic carbocycles. The Balaban J connectivity index is 2.69. The molecular weight excluding hydrogens is 142 g/mol. The van der Waals surface area contributed by atoms with Crippen LogP contribution >= 0.6 is 0 Å². The van der Waals surface area contributed by atoms with Crippen LogP contribution in [0.4, 0.5) is 0 Å². The van der Waals surface area contributed by atoms with E-state index in [-0.39, 0.29) is 12.0 Å². The first kappa shape index (κ1) is 8.53. The van der Waals surface area contributed by atoms with Crippen molar-refractivity contribution in [3.8, 4) is 0 Å². The van der Waals surface area contributed by atoms with Gasteiger partial charge in [-0.05, 0) is 18.8 Å². The molecule has 3 N–H and O–H groups in total. The molecule has 1 saturated carbocycles. The summed E-state index contributed by atoms with van der Waals surface area (Å²) in [5, 5.41) is 8.92. The predicted octanol–water partition coefficient (Wildman–Crippen LogP) is 0.834. The molecule has 0 bridgehead atoms. The standard InChI is InChI=1S/C8H15NO2/c1-5(2)8(7(10)11)3-6(9)4-8/h5-6H,3-4,9H2,1-2H3,(H,10,11). The van der Waals surface area contributed by atoms with Crippen molar-refractivity contribution in [1.29, 1.82) is 0 Å². The Morgan fingerprint density at radius 1 is 1.64 bits per heavy atom. The number of carbonyl (C=O) groups is 1. The van der Waals surface area contributed by atoms with Gasteiger partial charge in [-0.1, -0.05) is 13.8 Å². The number of hydrogen-bond donors (Lipinski definition) is 2. The molecule has 0 radical (unpaired) electrons. The van der Waals surface area contributed by atoms with E-state index < -0.39 is 11.4 Å². The molecule has 1 rings (SSSR count). The second kappa shape index (κ2) is 2.48. The minimum absolute atomic E-state index is 0.105. The van der Waals surface area contributed by atoms with E-state index in [4.69, 9.17) is 10.8 Å². The molecule has 0 spiro atoms. The van der Waals surface area contributed by atoms with Crippen molar-refractivity contribution in [3.63, 3.8) is 0 Å². The molecule has 0 unspecified atom stereocenters. The number of carboxylic acid groups (broad SMARTS) is 1. The molecule has 0 heterocycles. The zero-order valence-electron chi connectivity index (χ0n) is 7.00. The summed E-state index contributed by atoms with van der Waals surface area (Å²) in [4.78, 5) is 10.8. The highest BCUT2D eigenvalue weighted by atomic mass is 16.4. The lowest BCUT2D eigenvalue weighted by atomic mass is 9.60. The van der Waals surface area contributed by atoms with Gasteiger partial charge in [0, 0.05) is 6.04 Å². The topological polar surface area (TPSA) is 63.3 Å². The van der Waals surface area contributed by atoms with E-state index in [2.05, 4.69) is 0 Å². The summed E-state index contributed by atoms with van der Waals surface area (Å²) < 4.78 is 0. The molecule has 0 aromatic heterocycles. The highest BCUT2D eigenvalue weighted by Crippen LogP contribution is 2.46. The number of rotatable bonds is 2. The van der Waals surface area contributed by atoms with Crippen molar-refractivity contribution in [2.45, 2.75) is 32.7 Å². The largest absolute Gasteiger partial charge is 0.481 e. The molecule has 64 valence electrons. The van der Waals surface area contributed by atoms with Crippen molar-refractivity contribution in [3.05, 3.63) is 0 Å². The molecule has 0 amide bonds. The minimum atomic E-state index is -0.686. The number of nitrogens with two attached hydrogens (primary N) is 1. The van der Waals surface area contributed by atoms with Crippen LogP contribution in [0.5, 0.6) is 0 Å². The van der Waals surface area contributed by atoms with Gasteiger partial charge in [-0.25, -0.2) is 0 Å². The maximum absolute atomic E-state index is 10.8. The fourth-order valence-corrected chi connectivity index (χ4v) is 1.77. The molecule has 0 atom stereocenters. The average Bonchev–Trinajstić information content (AvgIpc) is 1.78. The van der Waals surface area contributed by atoms with E-state index in [9.17, 15) is 4.79 Å². The highest BCUT2D eigenvalue weighted by molar-refractivity contribution is 5.76. The van der Waals surface area contributed by atoms with E-state index in [1.165, 1.54) is 0 Å². The summed E-state index contributed by atoms with van der Waals surface area (Å²) in [6.45, 7) is 3.89. The number of aliphatic carboxylic acids is 1. The lowest BCUT2D eigenvalue weighted by molar-refractivity contribution is -0.160. The Morgan fingerprint density at radius 2 is 2.09 bits per heavy atom. The van der Waals surface area contributed by atoms with Gasteiger partial charge in [0.1, 0.15) is 0 Å². The molecule has 11 heavy (non-hydrogen) atoms. The third-order valence-corrected chi connectivity index (χ3v) is 2.78. The summed E-state index contributed by atoms with van der Waals surface area (Å²) in [6.07, 6.45) is 1.28. The van der Waals surface area contributed by atoms with Gasteiger partial charge in [0.05, 0.1) is 5.41 Å². The molecule has 0 aromatic rings.